The van der Waals surface area contributed by atoms with Crippen molar-refractivity contribution in [2.75, 3.05) is 18.5 Å². The first-order valence-corrected chi connectivity index (χ1v) is 10.7. The third kappa shape index (κ3) is 5.95. The molecule has 0 spiro atoms. The van der Waals surface area contributed by atoms with E-state index in [1.807, 2.05) is 39.0 Å². The summed E-state index contributed by atoms with van der Waals surface area (Å²) < 4.78 is 11.3. The Labute approximate surface area is 191 Å². The number of ether oxygens (including phenoxy) is 2. The number of amides is 1. The summed E-state index contributed by atoms with van der Waals surface area (Å²) in [6.07, 6.45) is 2.27. The minimum absolute atomic E-state index is 0.0812. The van der Waals surface area contributed by atoms with Crippen molar-refractivity contribution in [3.05, 3.63) is 64.2 Å². The molecule has 0 unspecified atom stereocenters. The SMILES string of the molecule is CC(C)(C)NC(=O)COc1cccc(-c2nc3c(c(Nc4ccc(=O)[nH]c4)n2)COCC3)c1. The van der Waals surface area contributed by atoms with Crippen molar-refractivity contribution >= 4 is 17.4 Å². The molecule has 9 nitrogen and oxygen atoms in total. The number of fused-ring (bicyclic) bond motifs is 1. The lowest BCUT2D eigenvalue weighted by Gasteiger charge is -2.21. The number of carbonyl (C=O) groups excluding carboxylic acids is 1. The Bertz CT molecular complexity index is 1200. The van der Waals surface area contributed by atoms with Crippen LogP contribution in [0.4, 0.5) is 11.5 Å². The van der Waals surface area contributed by atoms with Crippen molar-refractivity contribution in [3.8, 4) is 17.1 Å². The highest BCUT2D eigenvalue weighted by Crippen LogP contribution is 2.29. The van der Waals surface area contributed by atoms with E-state index in [9.17, 15) is 9.59 Å². The summed E-state index contributed by atoms with van der Waals surface area (Å²) in [5, 5.41) is 6.13. The molecular weight excluding hydrogens is 422 g/mol. The molecule has 9 heteroatoms. The molecule has 0 saturated carbocycles. The van der Waals surface area contributed by atoms with Crippen LogP contribution in [0.3, 0.4) is 0 Å². The van der Waals surface area contributed by atoms with Gasteiger partial charge in [-0.05, 0) is 39.0 Å². The maximum Gasteiger partial charge on any atom is 0.258 e. The van der Waals surface area contributed by atoms with E-state index in [2.05, 4.69) is 15.6 Å². The number of hydrogen-bond acceptors (Lipinski definition) is 7. The average Bonchev–Trinajstić information content (AvgIpc) is 2.78. The molecule has 3 aromatic rings. The molecule has 1 aromatic carbocycles. The summed E-state index contributed by atoms with van der Waals surface area (Å²) in [6, 6.07) is 10.5. The fourth-order valence-electron chi connectivity index (χ4n) is 3.42. The van der Waals surface area contributed by atoms with E-state index in [0.29, 0.717) is 42.7 Å². The predicted octanol–water partition coefficient (Wildman–Crippen LogP) is 2.94. The lowest BCUT2D eigenvalue weighted by Crippen LogP contribution is -2.43. The van der Waals surface area contributed by atoms with Crippen LogP contribution >= 0.6 is 0 Å². The molecule has 3 heterocycles. The Morgan fingerprint density at radius 3 is 2.82 bits per heavy atom. The second-order valence-corrected chi connectivity index (χ2v) is 8.80. The molecule has 3 N–H and O–H groups in total. The topological polar surface area (TPSA) is 118 Å². The zero-order chi connectivity index (χ0) is 23.4. The van der Waals surface area contributed by atoms with Crippen molar-refractivity contribution in [1.82, 2.24) is 20.3 Å². The highest BCUT2D eigenvalue weighted by Gasteiger charge is 2.20. The van der Waals surface area contributed by atoms with Crippen molar-refractivity contribution in [3.63, 3.8) is 0 Å². The second kappa shape index (κ2) is 9.41. The maximum absolute atomic E-state index is 12.1. The largest absolute Gasteiger partial charge is 0.484 e. The number of benzene rings is 1. The zero-order valence-corrected chi connectivity index (χ0v) is 18.9. The number of nitrogens with zero attached hydrogens (tertiary/aromatic N) is 2. The number of pyridine rings is 1. The van der Waals surface area contributed by atoms with E-state index in [0.717, 1.165) is 16.8 Å². The van der Waals surface area contributed by atoms with Crippen molar-refractivity contribution in [2.45, 2.75) is 39.3 Å². The van der Waals surface area contributed by atoms with Gasteiger partial charge in [-0.2, -0.15) is 0 Å². The smallest absolute Gasteiger partial charge is 0.258 e. The normalized spacial score (nSPS) is 13.2. The molecule has 4 rings (SSSR count). The molecule has 1 aliphatic rings. The lowest BCUT2D eigenvalue weighted by atomic mass is 10.1. The summed E-state index contributed by atoms with van der Waals surface area (Å²) >= 11 is 0. The summed E-state index contributed by atoms with van der Waals surface area (Å²) in [5.74, 6) is 1.52. The van der Waals surface area contributed by atoms with Gasteiger partial charge in [0.05, 0.1) is 24.6 Å². The van der Waals surface area contributed by atoms with E-state index in [1.54, 1.807) is 18.3 Å². The fraction of sp³-hybridized carbons (Fsp3) is 0.333. The van der Waals surface area contributed by atoms with Gasteiger partial charge in [-0.3, -0.25) is 9.59 Å². The number of aromatic amines is 1. The van der Waals surface area contributed by atoms with Crippen molar-refractivity contribution in [2.24, 2.45) is 0 Å². The first-order chi connectivity index (χ1) is 15.8. The van der Waals surface area contributed by atoms with Gasteiger partial charge in [-0.25, -0.2) is 9.97 Å². The molecule has 172 valence electrons. The molecular formula is C24H27N5O4. The van der Waals surface area contributed by atoms with E-state index < -0.39 is 0 Å². The van der Waals surface area contributed by atoms with Crippen molar-refractivity contribution < 1.29 is 14.3 Å². The Morgan fingerprint density at radius 1 is 1.21 bits per heavy atom. The third-order valence-corrected chi connectivity index (χ3v) is 4.85. The van der Waals surface area contributed by atoms with Gasteiger partial charge in [0.1, 0.15) is 11.6 Å². The quantitative estimate of drug-likeness (QED) is 0.529. The lowest BCUT2D eigenvalue weighted by molar-refractivity contribution is -0.124. The van der Waals surface area contributed by atoms with Crippen LogP contribution in [0.25, 0.3) is 11.4 Å². The van der Waals surface area contributed by atoms with Gasteiger partial charge < -0.3 is 25.1 Å². The molecule has 0 atom stereocenters. The van der Waals surface area contributed by atoms with Gasteiger partial charge in [0.25, 0.3) is 5.91 Å². The zero-order valence-electron chi connectivity index (χ0n) is 18.9. The number of anilines is 2. The fourth-order valence-corrected chi connectivity index (χ4v) is 3.42. The van der Waals surface area contributed by atoms with Gasteiger partial charge in [0.2, 0.25) is 5.56 Å². The van der Waals surface area contributed by atoms with Crippen LogP contribution in [0.5, 0.6) is 5.75 Å². The number of aromatic nitrogens is 3. The van der Waals surface area contributed by atoms with E-state index in [1.165, 1.54) is 6.07 Å². The number of hydrogen-bond donors (Lipinski definition) is 3. The Morgan fingerprint density at radius 2 is 2.06 bits per heavy atom. The number of rotatable bonds is 6. The Balaban J connectivity index is 1.59. The van der Waals surface area contributed by atoms with Crippen LogP contribution < -0.4 is 20.9 Å². The summed E-state index contributed by atoms with van der Waals surface area (Å²) in [6.45, 7) is 6.68. The van der Waals surface area contributed by atoms with Gasteiger partial charge in [-0.1, -0.05) is 12.1 Å². The molecule has 0 saturated heterocycles. The standard InChI is InChI=1S/C24H27N5O4/c1-24(2,3)29-21(31)14-33-17-6-4-5-15(11-17)22-27-19-9-10-32-13-18(19)23(28-22)26-16-7-8-20(30)25-12-16/h4-8,11-12H,9-10,13-14H2,1-3H3,(H,25,30)(H,29,31)(H,26,27,28). The van der Waals surface area contributed by atoms with Crippen molar-refractivity contribution in [1.29, 1.82) is 0 Å². The molecule has 1 amide bonds. The molecule has 0 bridgehead atoms. The first-order valence-electron chi connectivity index (χ1n) is 10.7. The van der Waals surface area contributed by atoms with Crippen LogP contribution in [-0.2, 0) is 22.6 Å². The third-order valence-electron chi connectivity index (χ3n) is 4.85. The summed E-state index contributed by atoms with van der Waals surface area (Å²) in [4.78, 5) is 35.6. The highest BCUT2D eigenvalue weighted by molar-refractivity contribution is 5.78. The van der Waals surface area contributed by atoms with Gasteiger partial charge in [0, 0.05) is 35.3 Å². The monoisotopic (exact) mass is 449 g/mol. The van der Waals surface area contributed by atoms with Gasteiger partial charge >= 0.3 is 0 Å². The van der Waals surface area contributed by atoms with Crippen LogP contribution in [0.15, 0.2) is 47.4 Å². The molecule has 2 aromatic heterocycles. The minimum Gasteiger partial charge on any atom is -0.484 e. The van der Waals surface area contributed by atoms with Crippen LogP contribution in [-0.4, -0.2) is 39.6 Å². The second-order valence-electron chi connectivity index (χ2n) is 8.80. The van der Waals surface area contributed by atoms with E-state index in [4.69, 9.17) is 19.4 Å². The number of carbonyl (C=O) groups is 1. The molecule has 0 radical (unpaired) electrons. The minimum atomic E-state index is -0.321. The van der Waals surface area contributed by atoms with E-state index in [-0.39, 0.29) is 23.6 Å². The predicted molar refractivity (Wildman–Crippen MR) is 125 cm³/mol. The van der Waals surface area contributed by atoms with Gasteiger partial charge in [0.15, 0.2) is 12.4 Å². The Hall–Kier alpha value is -3.72. The van der Waals surface area contributed by atoms with E-state index >= 15 is 0 Å². The maximum atomic E-state index is 12.1. The van der Waals surface area contributed by atoms with Crippen LogP contribution in [0, 0.1) is 0 Å². The summed E-state index contributed by atoms with van der Waals surface area (Å²) in [7, 11) is 0. The first kappa shape index (κ1) is 22.5. The number of nitrogens with one attached hydrogen (secondary N) is 3. The molecule has 0 fully saturated rings. The van der Waals surface area contributed by atoms with Gasteiger partial charge in [-0.15, -0.1) is 0 Å². The Kier molecular flexibility index (Phi) is 6.41. The van der Waals surface area contributed by atoms with Crippen LogP contribution in [0.2, 0.25) is 0 Å². The average molecular weight is 450 g/mol. The molecule has 1 aliphatic heterocycles. The number of H-pyrrole nitrogens is 1. The van der Waals surface area contributed by atoms with Crippen LogP contribution in [0.1, 0.15) is 32.0 Å². The molecule has 0 aliphatic carbocycles. The highest BCUT2D eigenvalue weighted by atomic mass is 16.5. The molecule has 33 heavy (non-hydrogen) atoms. The summed E-state index contributed by atoms with van der Waals surface area (Å²) in [5.41, 5.74) is 2.77.